The van der Waals surface area contributed by atoms with Crippen LogP contribution in [-0.4, -0.2) is 18.0 Å². The maximum Gasteiger partial charge on any atom is 0.219 e. The van der Waals surface area contributed by atoms with Gasteiger partial charge < -0.3 is 11.1 Å². The first kappa shape index (κ1) is 13.5. The van der Waals surface area contributed by atoms with Crippen LogP contribution in [0.3, 0.4) is 0 Å². The molecule has 94 valence electrons. The molecule has 0 aliphatic heterocycles. The van der Waals surface area contributed by atoms with Crippen molar-refractivity contribution in [2.24, 2.45) is 17.6 Å². The minimum atomic E-state index is -0.176. The summed E-state index contributed by atoms with van der Waals surface area (Å²) in [6, 6.07) is 0. The van der Waals surface area contributed by atoms with Crippen molar-refractivity contribution >= 4 is 5.91 Å². The van der Waals surface area contributed by atoms with Gasteiger partial charge in [-0.3, -0.25) is 4.79 Å². The largest absolute Gasteiger partial charge is 0.370 e. The van der Waals surface area contributed by atoms with Gasteiger partial charge >= 0.3 is 0 Å². The zero-order valence-electron chi connectivity index (χ0n) is 10.9. The molecule has 16 heavy (non-hydrogen) atoms. The predicted octanol–water partition coefficient (Wildman–Crippen LogP) is 2.06. The number of nitrogens with two attached hydrogens (primary N) is 1. The molecule has 1 aliphatic rings. The van der Waals surface area contributed by atoms with Gasteiger partial charge in [0.25, 0.3) is 0 Å². The van der Waals surface area contributed by atoms with Gasteiger partial charge in [-0.15, -0.1) is 0 Å². The van der Waals surface area contributed by atoms with E-state index < -0.39 is 0 Å². The van der Waals surface area contributed by atoms with Crippen LogP contribution in [0.1, 0.15) is 52.9 Å². The SMILES string of the molecule is CCCNC1(CC(N)=O)CC(C)CCC1C. The quantitative estimate of drug-likeness (QED) is 0.754. The highest BCUT2D eigenvalue weighted by atomic mass is 16.1. The van der Waals surface area contributed by atoms with E-state index in [0.717, 1.165) is 19.4 Å². The molecule has 3 heteroatoms. The van der Waals surface area contributed by atoms with E-state index >= 15 is 0 Å². The van der Waals surface area contributed by atoms with Crippen LogP contribution >= 0.6 is 0 Å². The van der Waals surface area contributed by atoms with Crippen LogP contribution in [0.5, 0.6) is 0 Å². The van der Waals surface area contributed by atoms with E-state index in [0.29, 0.717) is 18.3 Å². The maximum atomic E-state index is 11.3. The summed E-state index contributed by atoms with van der Waals surface area (Å²) in [6.45, 7) is 7.65. The first-order valence-electron chi connectivity index (χ1n) is 6.53. The highest BCUT2D eigenvalue weighted by Crippen LogP contribution is 2.39. The third-order valence-corrected chi connectivity index (χ3v) is 3.97. The number of nitrogens with one attached hydrogen (secondary N) is 1. The van der Waals surface area contributed by atoms with Crippen LogP contribution in [0, 0.1) is 11.8 Å². The number of hydrogen-bond donors (Lipinski definition) is 2. The third kappa shape index (κ3) is 3.21. The van der Waals surface area contributed by atoms with Crippen molar-refractivity contribution in [2.75, 3.05) is 6.54 Å². The number of amides is 1. The Morgan fingerprint density at radius 2 is 2.12 bits per heavy atom. The predicted molar refractivity (Wildman–Crippen MR) is 67.0 cm³/mol. The standard InChI is InChI=1S/C13H26N2O/c1-4-7-15-13(9-12(14)16)8-10(2)5-6-11(13)3/h10-11,15H,4-9H2,1-3H3,(H2,14,16). The molecule has 0 aromatic heterocycles. The van der Waals surface area contributed by atoms with Crippen molar-refractivity contribution < 1.29 is 4.79 Å². The average Bonchev–Trinajstić information content (AvgIpc) is 2.20. The summed E-state index contributed by atoms with van der Waals surface area (Å²) in [5.41, 5.74) is 5.37. The van der Waals surface area contributed by atoms with Gasteiger partial charge in [-0.25, -0.2) is 0 Å². The van der Waals surface area contributed by atoms with Crippen LogP contribution in [0.4, 0.5) is 0 Å². The Hall–Kier alpha value is -0.570. The number of primary amides is 1. The van der Waals surface area contributed by atoms with Gasteiger partial charge in [0.05, 0.1) is 0 Å². The molecule has 0 bridgehead atoms. The fraction of sp³-hybridized carbons (Fsp3) is 0.923. The van der Waals surface area contributed by atoms with E-state index in [1.807, 2.05) is 0 Å². The molecule has 3 atom stereocenters. The topological polar surface area (TPSA) is 55.1 Å². The molecular weight excluding hydrogens is 200 g/mol. The normalized spacial score (nSPS) is 34.9. The van der Waals surface area contributed by atoms with Gasteiger partial charge in [-0.05, 0) is 37.6 Å². The third-order valence-electron chi connectivity index (χ3n) is 3.97. The summed E-state index contributed by atoms with van der Waals surface area (Å²) in [6.07, 6.45) is 5.14. The molecule has 1 fully saturated rings. The molecule has 0 radical (unpaired) electrons. The van der Waals surface area contributed by atoms with Crippen molar-refractivity contribution in [2.45, 2.75) is 58.4 Å². The second kappa shape index (κ2) is 5.67. The Balaban J connectivity index is 2.76. The van der Waals surface area contributed by atoms with Crippen molar-refractivity contribution in [3.8, 4) is 0 Å². The van der Waals surface area contributed by atoms with E-state index in [4.69, 9.17) is 5.73 Å². The second-order valence-corrected chi connectivity index (χ2v) is 5.51. The van der Waals surface area contributed by atoms with Crippen molar-refractivity contribution in [1.29, 1.82) is 0 Å². The minimum Gasteiger partial charge on any atom is -0.370 e. The number of hydrogen-bond acceptors (Lipinski definition) is 2. The van der Waals surface area contributed by atoms with Crippen molar-refractivity contribution in [3.05, 3.63) is 0 Å². The highest BCUT2D eigenvalue weighted by molar-refractivity contribution is 5.75. The molecule has 0 saturated heterocycles. The summed E-state index contributed by atoms with van der Waals surface area (Å²) >= 11 is 0. The second-order valence-electron chi connectivity index (χ2n) is 5.51. The first-order chi connectivity index (χ1) is 7.50. The lowest BCUT2D eigenvalue weighted by Crippen LogP contribution is -2.55. The first-order valence-corrected chi connectivity index (χ1v) is 6.53. The highest BCUT2D eigenvalue weighted by Gasteiger charge is 2.41. The lowest BCUT2D eigenvalue weighted by molar-refractivity contribution is -0.120. The molecule has 0 heterocycles. The molecule has 0 aromatic carbocycles. The molecule has 0 spiro atoms. The van der Waals surface area contributed by atoms with Gasteiger partial charge in [0.1, 0.15) is 0 Å². The molecular formula is C13H26N2O. The Bertz CT molecular complexity index is 242. The lowest BCUT2D eigenvalue weighted by Gasteiger charge is -2.45. The van der Waals surface area contributed by atoms with Crippen molar-refractivity contribution in [3.63, 3.8) is 0 Å². The fourth-order valence-corrected chi connectivity index (χ4v) is 2.98. The van der Waals surface area contributed by atoms with Crippen molar-refractivity contribution in [1.82, 2.24) is 5.32 Å². The summed E-state index contributed by atoms with van der Waals surface area (Å²) in [5, 5.41) is 3.60. The Morgan fingerprint density at radius 1 is 1.44 bits per heavy atom. The molecule has 3 nitrogen and oxygen atoms in total. The summed E-state index contributed by atoms with van der Waals surface area (Å²) in [7, 11) is 0. The van der Waals surface area contributed by atoms with E-state index in [-0.39, 0.29) is 11.4 Å². The smallest absolute Gasteiger partial charge is 0.219 e. The molecule has 1 rings (SSSR count). The van der Waals surface area contributed by atoms with E-state index in [2.05, 4.69) is 26.1 Å². The van der Waals surface area contributed by atoms with E-state index in [1.54, 1.807) is 0 Å². The molecule has 0 aromatic rings. The van der Waals surface area contributed by atoms with Gasteiger partial charge in [0.2, 0.25) is 5.91 Å². The van der Waals surface area contributed by atoms with Crippen LogP contribution in [-0.2, 0) is 4.79 Å². The molecule has 1 aliphatic carbocycles. The number of rotatable bonds is 5. The molecule has 1 amide bonds. The average molecular weight is 226 g/mol. The van der Waals surface area contributed by atoms with Crippen LogP contribution in [0.25, 0.3) is 0 Å². The zero-order valence-corrected chi connectivity index (χ0v) is 10.9. The van der Waals surface area contributed by atoms with Gasteiger partial charge in [0.15, 0.2) is 0 Å². The minimum absolute atomic E-state index is 0.0422. The molecule has 3 unspecified atom stereocenters. The van der Waals surface area contributed by atoms with Gasteiger partial charge in [-0.2, -0.15) is 0 Å². The van der Waals surface area contributed by atoms with Gasteiger partial charge in [0, 0.05) is 12.0 Å². The lowest BCUT2D eigenvalue weighted by atomic mass is 9.68. The number of carbonyl (C=O) groups is 1. The maximum absolute atomic E-state index is 11.3. The van der Waals surface area contributed by atoms with Crippen LogP contribution in [0.2, 0.25) is 0 Å². The summed E-state index contributed by atoms with van der Waals surface area (Å²) in [5.74, 6) is 1.06. The van der Waals surface area contributed by atoms with Gasteiger partial charge in [-0.1, -0.05) is 27.2 Å². The summed E-state index contributed by atoms with van der Waals surface area (Å²) in [4.78, 5) is 11.3. The fourth-order valence-electron chi connectivity index (χ4n) is 2.98. The van der Waals surface area contributed by atoms with Crippen LogP contribution in [0.15, 0.2) is 0 Å². The Labute approximate surface area is 99.2 Å². The Morgan fingerprint density at radius 3 is 2.69 bits per heavy atom. The zero-order chi connectivity index (χ0) is 12.2. The van der Waals surface area contributed by atoms with E-state index in [1.165, 1.54) is 12.8 Å². The molecule has 3 N–H and O–H groups in total. The van der Waals surface area contributed by atoms with E-state index in [9.17, 15) is 4.79 Å². The number of carbonyl (C=O) groups excluding carboxylic acids is 1. The van der Waals surface area contributed by atoms with Crippen LogP contribution < -0.4 is 11.1 Å². The Kier molecular flexibility index (Phi) is 4.78. The molecule has 1 saturated carbocycles. The summed E-state index contributed by atoms with van der Waals surface area (Å²) < 4.78 is 0. The monoisotopic (exact) mass is 226 g/mol.